The molecule has 2 aromatic rings. The zero-order valence-electron chi connectivity index (χ0n) is 11.0. The van der Waals surface area contributed by atoms with Crippen molar-refractivity contribution in [1.82, 2.24) is 4.98 Å². The number of oxime groups is 1. The lowest BCUT2D eigenvalue weighted by molar-refractivity contribution is -0.157. The van der Waals surface area contributed by atoms with Crippen molar-refractivity contribution in [2.75, 3.05) is 0 Å². The summed E-state index contributed by atoms with van der Waals surface area (Å²) in [6.45, 7) is 0. The minimum Gasteiger partial charge on any atom is -0.479 e. The molecule has 2 rings (SSSR count). The lowest BCUT2D eigenvalue weighted by Gasteiger charge is -2.22. The van der Waals surface area contributed by atoms with Crippen LogP contribution in [0.2, 0.25) is 0 Å². The molecular weight excluding hydrogens is 276 g/mol. The van der Waals surface area contributed by atoms with E-state index in [4.69, 9.17) is 5.21 Å². The van der Waals surface area contributed by atoms with E-state index in [0.29, 0.717) is 5.56 Å². The van der Waals surface area contributed by atoms with Crippen LogP contribution in [0.25, 0.3) is 10.9 Å². The predicted octanol–water partition coefficient (Wildman–Crippen LogP) is 0.945. The summed E-state index contributed by atoms with van der Waals surface area (Å²) in [7, 11) is 0. The minimum atomic E-state index is -2.23. The topological polar surface area (TPSA) is 123 Å². The van der Waals surface area contributed by atoms with E-state index >= 15 is 0 Å². The first kappa shape index (κ1) is 14.7. The average molecular weight is 290 g/mol. The largest absolute Gasteiger partial charge is 0.479 e. The third kappa shape index (κ3) is 2.92. The Labute approximate surface area is 119 Å². The maximum atomic E-state index is 11.3. The summed E-state index contributed by atoms with van der Waals surface area (Å²) in [5.74, 6) is -1.49. The Morgan fingerprint density at radius 1 is 1.38 bits per heavy atom. The van der Waals surface area contributed by atoms with E-state index in [-0.39, 0.29) is 12.7 Å². The highest BCUT2D eigenvalue weighted by Crippen LogP contribution is 2.25. The number of carbonyl (C=O) groups excluding carboxylic acids is 1. The molecule has 0 bridgehead atoms. The van der Waals surface area contributed by atoms with Gasteiger partial charge in [0.25, 0.3) is 0 Å². The molecule has 1 aromatic heterocycles. The molecule has 0 aliphatic carbocycles. The first-order valence-corrected chi connectivity index (χ1v) is 6.17. The molecule has 0 radical (unpaired) electrons. The maximum absolute atomic E-state index is 11.3. The van der Waals surface area contributed by atoms with E-state index in [1.54, 1.807) is 18.3 Å². The van der Waals surface area contributed by atoms with Gasteiger partial charge in [-0.25, -0.2) is 4.79 Å². The molecular formula is C14H14N2O5. The molecule has 110 valence electrons. The van der Waals surface area contributed by atoms with Gasteiger partial charge in [0.1, 0.15) is 5.71 Å². The number of hydrogen-bond donors (Lipinski definition) is 4. The lowest BCUT2D eigenvalue weighted by atomic mass is 9.89. The van der Waals surface area contributed by atoms with Crippen molar-refractivity contribution in [3.63, 3.8) is 0 Å². The van der Waals surface area contributed by atoms with E-state index in [1.807, 2.05) is 12.1 Å². The molecule has 4 N–H and O–H groups in total. The molecule has 0 amide bonds. The van der Waals surface area contributed by atoms with Gasteiger partial charge in [-0.1, -0.05) is 23.4 Å². The minimum absolute atomic E-state index is 0.211. The smallest absolute Gasteiger partial charge is 0.336 e. The van der Waals surface area contributed by atoms with Gasteiger partial charge in [-0.2, -0.15) is 0 Å². The van der Waals surface area contributed by atoms with Crippen molar-refractivity contribution in [2.24, 2.45) is 5.16 Å². The average Bonchev–Trinajstić information content (AvgIpc) is 2.88. The van der Waals surface area contributed by atoms with Gasteiger partial charge in [-0.15, -0.1) is 0 Å². The van der Waals surface area contributed by atoms with Crippen molar-refractivity contribution >= 4 is 28.9 Å². The molecule has 0 aliphatic rings. The Kier molecular flexibility index (Phi) is 4.04. The quantitative estimate of drug-likeness (QED) is 0.273. The maximum Gasteiger partial charge on any atom is 0.336 e. The molecule has 0 aliphatic heterocycles. The highest BCUT2D eigenvalue weighted by molar-refractivity contribution is 6.28. The van der Waals surface area contributed by atoms with Gasteiger partial charge in [0.05, 0.1) is 0 Å². The fraction of sp³-hybridized carbons (Fsp3) is 0.214. The second-order valence-corrected chi connectivity index (χ2v) is 4.76. The number of hydrogen-bond acceptors (Lipinski definition) is 5. The van der Waals surface area contributed by atoms with Crippen LogP contribution in [-0.4, -0.2) is 44.0 Å². The van der Waals surface area contributed by atoms with Crippen LogP contribution in [-0.2, 0) is 16.0 Å². The predicted molar refractivity (Wildman–Crippen MR) is 74.5 cm³/mol. The summed E-state index contributed by atoms with van der Waals surface area (Å²) in [4.78, 5) is 25.0. The summed E-state index contributed by atoms with van der Waals surface area (Å²) in [6.07, 6.45) is 1.01. The number of carboxylic acid groups (broad SMARTS) is 1. The van der Waals surface area contributed by atoms with Gasteiger partial charge in [-0.05, 0) is 11.6 Å². The highest BCUT2D eigenvalue weighted by Gasteiger charge is 2.38. The molecule has 1 atom stereocenters. The van der Waals surface area contributed by atoms with E-state index in [0.717, 1.165) is 10.9 Å². The number of rotatable bonds is 6. The number of aromatic nitrogens is 1. The van der Waals surface area contributed by atoms with Crippen molar-refractivity contribution < 1.29 is 25.0 Å². The molecule has 0 unspecified atom stereocenters. The molecule has 0 fully saturated rings. The SMILES string of the molecule is O=C/C(C[C@@](O)(Cc1c[nH]c2ccccc12)C(=O)O)=N\O. The van der Waals surface area contributed by atoms with Gasteiger partial charge >= 0.3 is 5.97 Å². The van der Waals surface area contributed by atoms with Gasteiger partial charge in [0, 0.05) is 29.9 Å². The van der Waals surface area contributed by atoms with E-state index in [2.05, 4.69) is 10.1 Å². The number of aliphatic carboxylic acids is 1. The zero-order valence-corrected chi connectivity index (χ0v) is 11.0. The van der Waals surface area contributed by atoms with Crippen LogP contribution in [0.5, 0.6) is 0 Å². The van der Waals surface area contributed by atoms with Crippen molar-refractivity contribution in [3.05, 3.63) is 36.0 Å². The van der Waals surface area contributed by atoms with Crippen LogP contribution in [0.3, 0.4) is 0 Å². The number of fused-ring (bicyclic) bond motifs is 1. The first-order valence-electron chi connectivity index (χ1n) is 6.17. The van der Waals surface area contributed by atoms with Crippen molar-refractivity contribution in [3.8, 4) is 0 Å². The van der Waals surface area contributed by atoms with Crippen LogP contribution in [0.4, 0.5) is 0 Å². The van der Waals surface area contributed by atoms with E-state index in [1.165, 1.54) is 0 Å². The highest BCUT2D eigenvalue weighted by atomic mass is 16.4. The summed E-state index contributed by atoms with van der Waals surface area (Å²) in [5.41, 5.74) is -1.25. The number of benzene rings is 1. The number of nitrogens with one attached hydrogen (secondary N) is 1. The van der Waals surface area contributed by atoms with Gasteiger partial charge in [0.2, 0.25) is 0 Å². The second kappa shape index (κ2) is 5.76. The Hall–Kier alpha value is -2.67. The molecule has 1 aromatic carbocycles. The molecule has 0 saturated heterocycles. The molecule has 7 heteroatoms. The van der Waals surface area contributed by atoms with Gasteiger partial charge in [0.15, 0.2) is 11.9 Å². The summed E-state index contributed by atoms with van der Waals surface area (Å²) >= 11 is 0. The number of para-hydroxylation sites is 1. The van der Waals surface area contributed by atoms with Crippen molar-refractivity contribution in [1.29, 1.82) is 0 Å². The van der Waals surface area contributed by atoms with Crippen LogP contribution in [0.1, 0.15) is 12.0 Å². The van der Waals surface area contributed by atoms with Crippen LogP contribution in [0.15, 0.2) is 35.6 Å². The van der Waals surface area contributed by atoms with Gasteiger partial charge < -0.3 is 20.4 Å². The van der Waals surface area contributed by atoms with Crippen LogP contribution >= 0.6 is 0 Å². The molecule has 0 spiro atoms. The zero-order chi connectivity index (χ0) is 15.5. The summed E-state index contributed by atoms with van der Waals surface area (Å²) in [5, 5.41) is 31.6. The molecule has 21 heavy (non-hydrogen) atoms. The molecule has 1 heterocycles. The number of aliphatic hydroxyl groups is 1. The third-order valence-corrected chi connectivity index (χ3v) is 3.29. The Balaban J connectivity index is 2.36. The van der Waals surface area contributed by atoms with E-state index in [9.17, 15) is 19.8 Å². The monoisotopic (exact) mass is 290 g/mol. The Morgan fingerprint density at radius 3 is 2.71 bits per heavy atom. The summed E-state index contributed by atoms with van der Waals surface area (Å²) < 4.78 is 0. The Bertz CT molecular complexity index is 706. The normalized spacial score (nSPS) is 14.8. The number of H-pyrrole nitrogens is 1. The number of carboxylic acids is 1. The number of carbonyl (C=O) groups is 2. The van der Waals surface area contributed by atoms with Crippen molar-refractivity contribution in [2.45, 2.75) is 18.4 Å². The third-order valence-electron chi connectivity index (χ3n) is 3.29. The number of aldehydes is 1. The fourth-order valence-electron chi connectivity index (χ4n) is 2.21. The van der Waals surface area contributed by atoms with Crippen LogP contribution in [0, 0.1) is 0 Å². The Morgan fingerprint density at radius 2 is 2.10 bits per heavy atom. The fourth-order valence-corrected chi connectivity index (χ4v) is 2.21. The molecule has 0 saturated carbocycles. The molecule has 7 nitrogen and oxygen atoms in total. The second-order valence-electron chi connectivity index (χ2n) is 4.76. The van der Waals surface area contributed by atoms with E-state index < -0.39 is 23.7 Å². The number of aromatic amines is 1. The number of nitrogens with zero attached hydrogens (tertiary/aromatic N) is 1. The lowest BCUT2D eigenvalue weighted by Crippen LogP contribution is -2.43. The van der Waals surface area contributed by atoms with Gasteiger partial charge in [-0.3, -0.25) is 4.79 Å². The van der Waals surface area contributed by atoms with Crippen LogP contribution < -0.4 is 0 Å². The standard InChI is InChI=1S/C14H14N2O5/c17-8-10(16-21)6-14(20,13(18)19)5-9-7-15-12-4-2-1-3-11(9)12/h1-4,7-8,15,20-21H,5-6H2,(H,18,19)/b16-10-/t14-/m0/s1. The first-order chi connectivity index (χ1) is 10.00. The summed E-state index contributed by atoms with van der Waals surface area (Å²) in [6, 6.07) is 7.25.